The Hall–Kier alpha value is -1.06. The van der Waals surface area contributed by atoms with Crippen LogP contribution in [0.3, 0.4) is 0 Å². The van der Waals surface area contributed by atoms with Crippen LogP contribution in [0.4, 0.5) is 0 Å². The Morgan fingerprint density at radius 2 is 1.69 bits per heavy atom. The maximum atomic E-state index is 11.0. The second-order valence-electron chi connectivity index (χ2n) is 3.33. The van der Waals surface area contributed by atoms with E-state index in [1.165, 1.54) is 0 Å². The molecule has 0 aliphatic heterocycles. The Kier molecular flexibility index (Phi) is 5.11. The molecule has 2 atom stereocenters. The minimum atomic E-state index is -0.802. The maximum absolute atomic E-state index is 11.0. The van der Waals surface area contributed by atoms with Gasteiger partial charge in [-0.15, -0.1) is 0 Å². The minimum absolute atomic E-state index is 0.0300. The Bertz CT molecular complexity index is 191. The van der Waals surface area contributed by atoms with Crippen LogP contribution in [0, 0.1) is 11.8 Å². The molecule has 4 nitrogen and oxygen atoms in total. The number of hydrogen-bond acceptors (Lipinski definition) is 2. The Morgan fingerprint density at radius 3 is 2.08 bits per heavy atom. The number of carbonyl (C=O) groups is 2. The van der Waals surface area contributed by atoms with Crippen LogP contribution in [0.5, 0.6) is 0 Å². The molecule has 1 amide bonds. The predicted octanol–water partition coefficient (Wildman–Crippen LogP) is 0.869. The average molecular weight is 187 g/mol. The topological polar surface area (TPSA) is 66.4 Å². The molecule has 0 aliphatic carbocycles. The summed E-state index contributed by atoms with van der Waals surface area (Å²) in [4.78, 5) is 21.5. The van der Waals surface area contributed by atoms with Crippen molar-refractivity contribution in [3.63, 3.8) is 0 Å². The highest BCUT2D eigenvalue weighted by Gasteiger charge is 2.15. The fourth-order valence-corrected chi connectivity index (χ4v) is 1.00. The van der Waals surface area contributed by atoms with E-state index in [1.54, 1.807) is 20.9 Å². The molecule has 0 aromatic heterocycles. The quantitative estimate of drug-likeness (QED) is 0.671. The highest BCUT2D eigenvalue weighted by atomic mass is 16.4. The number of amides is 1. The summed E-state index contributed by atoms with van der Waals surface area (Å²) in [5.41, 5.74) is 0. The first-order valence-electron chi connectivity index (χ1n) is 4.43. The summed E-state index contributed by atoms with van der Waals surface area (Å²) in [7, 11) is 1.58. The summed E-state index contributed by atoms with van der Waals surface area (Å²) in [6, 6.07) is 0. The number of carboxylic acids is 1. The van der Waals surface area contributed by atoms with Gasteiger partial charge >= 0.3 is 5.97 Å². The lowest BCUT2D eigenvalue weighted by Gasteiger charge is -2.11. The van der Waals surface area contributed by atoms with Gasteiger partial charge in [-0.3, -0.25) is 9.59 Å². The molecule has 0 saturated heterocycles. The number of hydrogen-bond donors (Lipinski definition) is 2. The largest absolute Gasteiger partial charge is 0.481 e. The van der Waals surface area contributed by atoms with Crippen molar-refractivity contribution in [2.45, 2.75) is 26.7 Å². The highest BCUT2D eigenvalue weighted by molar-refractivity contribution is 5.78. The van der Waals surface area contributed by atoms with E-state index in [-0.39, 0.29) is 17.7 Å². The van der Waals surface area contributed by atoms with Gasteiger partial charge in [0.15, 0.2) is 0 Å². The molecule has 0 aliphatic rings. The smallest absolute Gasteiger partial charge is 0.306 e. The Morgan fingerprint density at radius 1 is 1.23 bits per heavy atom. The first-order chi connectivity index (χ1) is 5.99. The van der Waals surface area contributed by atoms with Crippen molar-refractivity contribution in [1.29, 1.82) is 0 Å². The van der Waals surface area contributed by atoms with Gasteiger partial charge in [0.1, 0.15) is 0 Å². The van der Waals surface area contributed by atoms with Crippen LogP contribution in [-0.2, 0) is 9.59 Å². The molecule has 0 aromatic carbocycles. The molecule has 0 saturated carbocycles. The number of carboxylic acid groups (broad SMARTS) is 1. The second-order valence-corrected chi connectivity index (χ2v) is 3.33. The van der Waals surface area contributed by atoms with Gasteiger partial charge in [-0.2, -0.15) is 0 Å². The van der Waals surface area contributed by atoms with Gasteiger partial charge in [-0.05, 0) is 12.8 Å². The summed E-state index contributed by atoms with van der Waals surface area (Å²) in [6.45, 7) is 3.45. The molecule has 0 heterocycles. The van der Waals surface area contributed by atoms with Crippen molar-refractivity contribution in [1.82, 2.24) is 5.32 Å². The van der Waals surface area contributed by atoms with Crippen LogP contribution in [0.25, 0.3) is 0 Å². The van der Waals surface area contributed by atoms with Gasteiger partial charge in [-0.1, -0.05) is 13.8 Å². The third-order valence-electron chi connectivity index (χ3n) is 2.15. The molecule has 13 heavy (non-hydrogen) atoms. The SMILES string of the molecule is CNC(=O)[C@H](C)CC[C@@H](C)C(=O)O. The van der Waals surface area contributed by atoms with Gasteiger partial charge in [0.25, 0.3) is 0 Å². The molecule has 0 rings (SSSR count). The van der Waals surface area contributed by atoms with E-state index in [4.69, 9.17) is 5.11 Å². The first kappa shape index (κ1) is 11.9. The average Bonchev–Trinajstić information content (AvgIpc) is 2.11. The molecular weight excluding hydrogens is 170 g/mol. The van der Waals surface area contributed by atoms with Crippen LogP contribution in [-0.4, -0.2) is 24.0 Å². The molecule has 76 valence electrons. The number of nitrogens with one attached hydrogen (secondary N) is 1. The number of carbonyl (C=O) groups excluding carboxylic acids is 1. The molecule has 0 aromatic rings. The Balaban J connectivity index is 3.76. The third-order valence-corrected chi connectivity index (χ3v) is 2.15. The van der Waals surface area contributed by atoms with E-state index < -0.39 is 5.97 Å². The minimum Gasteiger partial charge on any atom is -0.481 e. The van der Waals surface area contributed by atoms with Gasteiger partial charge in [-0.25, -0.2) is 0 Å². The summed E-state index contributed by atoms with van der Waals surface area (Å²) in [5, 5.41) is 11.1. The van der Waals surface area contributed by atoms with Gasteiger partial charge in [0.2, 0.25) is 5.91 Å². The van der Waals surface area contributed by atoms with Crippen LogP contribution in [0.15, 0.2) is 0 Å². The van der Waals surface area contributed by atoms with Crippen LogP contribution in [0.2, 0.25) is 0 Å². The van der Waals surface area contributed by atoms with Crippen molar-refractivity contribution in [3.8, 4) is 0 Å². The molecule has 0 unspecified atom stereocenters. The zero-order valence-electron chi connectivity index (χ0n) is 8.33. The van der Waals surface area contributed by atoms with E-state index in [9.17, 15) is 9.59 Å². The fourth-order valence-electron chi connectivity index (χ4n) is 1.00. The summed E-state index contributed by atoms with van der Waals surface area (Å²) in [6.07, 6.45) is 1.16. The molecule has 0 bridgehead atoms. The van der Waals surface area contributed by atoms with E-state index in [2.05, 4.69) is 5.32 Å². The third kappa shape index (κ3) is 4.50. The lowest BCUT2D eigenvalue weighted by molar-refractivity contribution is -0.141. The number of aliphatic carboxylic acids is 1. The molecular formula is C9H17NO3. The monoisotopic (exact) mass is 187 g/mol. The Labute approximate surface area is 78.3 Å². The normalized spacial score (nSPS) is 14.7. The lowest BCUT2D eigenvalue weighted by Crippen LogP contribution is -2.26. The van der Waals surface area contributed by atoms with E-state index >= 15 is 0 Å². The lowest BCUT2D eigenvalue weighted by atomic mass is 9.98. The van der Waals surface area contributed by atoms with E-state index in [0.29, 0.717) is 12.8 Å². The second kappa shape index (κ2) is 5.56. The summed E-state index contributed by atoms with van der Waals surface area (Å²) in [5.74, 6) is -1.30. The van der Waals surface area contributed by atoms with E-state index in [0.717, 1.165) is 0 Å². The highest BCUT2D eigenvalue weighted by Crippen LogP contribution is 2.12. The fraction of sp³-hybridized carbons (Fsp3) is 0.778. The van der Waals surface area contributed by atoms with Crippen molar-refractivity contribution in [2.24, 2.45) is 11.8 Å². The van der Waals surface area contributed by atoms with Gasteiger partial charge < -0.3 is 10.4 Å². The standard InChI is InChI=1S/C9H17NO3/c1-6(8(11)10-3)4-5-7(2)9(12)13/h6-7H,4-5H2,1-3H3,(H,10,11)(H,12,13)/t6-,7-/m1/s1. The van der Waals surface area contributed by atoms with Crippen molar-refractivity contribution >= 4 is 11.9 Å². The van der Waals surface area contributed by atoms with Crippen molar-refractivity contribution in [2.75, 3.05) is 7.05 Å². The molecule has 0 fully saturated rings. The zero-order chi connectivity index (χ0) is 10.4. The maximum Gasteiger partial charge on any atom is 0.306 e. The molecule has 4 heteroatoms. The van der Waals surface area contributed by atoms with Crippen molar-refractivity contribution < 1.29 is 14.7 Å². The summed E-state index contributed by atoms with van der Waals surface area (Å²) < 4.78 is 0. The van der Waals surface area contributed by atoms with Crippen LogP contribution < -0.4 is 5.32 Å². The van der Waals surface area contributed by atoms with E-state index in [1.807, 2.05) is 0 Å². The van der Waals surface area contributed by atoms with Crippen LogP contribution in [0.1, 0.15) is 26.7 Å². The first-order valence-corrected chi connectivity index (χ1v) is 4.43. The summed E-state index contributed by atoms with van der Waals surface area (Å²) >= 11 is 0. The van der Waals surface area contributed by atoms with Gasteiger partial charge in [0, 0.05) is 13.0 Å². The molecule has 2 N–H and O–H groups in total. The van der Waals surface area contributed by atoms with Gasteiger partial charge in [0.05, 0.1) is 5.92 Å². The molecule has 0 radical (unpaired) electrons. The van der Waals surface area contributed by atoms with Crippen LogP contribution >= 0.6 is 0 Å². The zero-order valence-corrected chi connectivity index (χ0v) is 8.33. The predicted molar refractivity (Wildman–Crippen MR) is 49.3 cm³/mol. The molecule has 0 spiro atoms. The van der Waals surface area contributed by atoms with Crippen molar-refractivity contribution in [3.05, 3.63) is 0 Å². The number of rotatable bonds is 5.